The van der Waals surface area contributed by atoms with Gasteiger partial charge in [-0.3, -0.25) is 9.59 Å². The van der Waals surface area contributed by atoms with Crippen molar-refractivity contribution in [1.29, 1.82) is 0 Å². The maximum Gasteiger partial charge on any atom is 0.255 e. The minimum absolute atomic E-state index is 0.177. The maximum absolute atomic E-state index is 13.0. The van der Waals surface area contributed by atoms with Crippen LogP contribution in [0.3, 0.4) is 0 Å². The van der Waals surface area contributed by atoms with Gasteiger partial charge in [0.15, 0.2) is 0 Å². The first-order valence-electron chi connectivity index (χ1n) is 9.67. The number of carbonyl (C=O) groups excluding carboxylic acids is 2. The van der Waals surface area contributed by atoms with Gasteiger partial charge in [-0.05, 0) is 37.1 Å². The zero-order valence-electron chi connectivity index (χ0n) is 17.1. The number of hydrogen-bond acceptors (Lipinski definition) is 5. The molecule has 1 unspecified atom stereocenters. The van der Waals surface area contributed by atoms with Crippen molar-refractivity contribution in [3.8, 4) is 17.0 Å². The first-order chi connectivity index (χ1) is 14.4. The summed E-state index contributed by atoms with van der Waals surface area (Å²) in [6.45, 7) is 2.31. The molecule has 2 amide bonds. The zero-order chi connectivity index (χ0) is 21.3. The number of amides is 2. The van der Waals surface area contributed by atoms with Crippen molar-refractivity contribution >= 4 is 17.5 Å². The Morgan fingerprint density at radius 2 is 2.03 bits per heavy atom. The summed E-state index contributed by atoms with van der Waals surface area (Å²) in [5.74, 6) is 0.0996. The van der Waals surface area contributed by atoms with Crippen LogP contribution in [0.1, 0.15) is 21.5 Å². The van der Waals surface area contributed by atoms with Gasteiger partial charge in [0.25, 0.3) is 5.91 Å². The summed E-state index contributed by atoms with van der Waals surface area (Å²) in [4.78, 5) is 27.2. The second kappa shape index (κ2) is 7.98. The molecule has 0 saturated carbocycles. The van der Waals surface area contributed by atoms with Gasteiger partial charge in [0.2, 0.25) is 5.91 Å². The Kier molecular flexibility index (Phi) is 5.22. The van der Waals surface area contributed by atoms with Gasteiger partial charge in [-0.1, -0.05) is 23.8 Å². The molecule has 154 valence electrons. The predicted octanol–water partition coefficient (Wildman–Crippen LogP) is 2.67. The second-order valence-electron chi connectivity index (χ2n) is 7.63. The van der Waals surface area contributed by atoms with Gasteiger partial charge in [-0.25, -0.2) is 0 Å². The van der Waals surface area contributed by atoms with Gasteiger partial charge in [0, 0.05) is 19.7 Å². The van der Waals surface area contributed by atoms with Crippen LogP contribution in [0.25, 0.3) is 11.3 Å². The predicted molar refractivity (Wildman–Crippen MR) is 112 cm³/mol. The minimum atomic E-state index is -0.336. The number of aromatic nitrogens is 3. The number of hydrogen-bond donors (Lipinski definition) is 2. The molecule has 0 fully saturated rings. The van der Waals surface area contributed by atoms with Gasteiger partial charge in [-0.2, -0.15) is 15.4 Å². The normalized spacial score (nSPS) is 15.1. The largest absolute Gasteiger partial charge is 0.492 e. The summed E-state index contributed by atoms with van der Waals surface area (Å²) in [7, 11) is 3.34. The van der Waals surface area contributed by atoms with E-state index in [0.717, 1.165) is 22.4 Å². The Morgan fingerprint density at radius 3 is 2.77 bits per heavy atom. The summed E-state index contributed by atoms with van der Waals surface area (Å²) in [6.07, 6.45) is 2.17. The van der Waals surface area contributed by atoms with E-state index in [9.17, 15) is 9.59 Å². The lowest BCUT2D eigenvalue weighted by molar-refractivity contribution is -0.121. The number of aromatic amines is 1. The lowest BCUT2D eigenvalue weighted by atomic mass is 9.94. The fraction of sp³-hybridized carbons (Fsp3) is 0.273. The highest BCUT2D eigenvalue weighted by molar-refractivity contribution is 6.05. The number of fused-ring (bicyclic) bond motifs is 1. The fourth-order valence-electron chi connectivity index (χ4n) is 3.50. The van der Waals surface area contributed by atoms with E-state index in [-0.39, 0.29) is 17.7 Å². The number of nitrogens with one attached hydrogen (secondary N) is 2. The lowest BCUT2D eigenvalue weighted by Gasteiger charge is -2.25. The van der Waals surface area contributed by atoms with Crippen LogP contribution >= 0.6 is 0 Å². The Bertz CT molecular complexity index is 1090. The maximum atomic E-state index is 13.0. The molecule has 1 atom stereocenters. The highest BCUT2D eigenvalue weighted by Crippen LogP contribution is 2.30. The molecule has 8 heteroatoms. The van der Waals surface area contributed by atoms with Crippen molar-refractivity contribution in [3.05, 3.63) is 59.3 Å². The van der Waals surface area contributed by atoms with Crippen LogP contribution in [-0.4, -0.2) is 52.8 Å². The average Bonchev–Trinajstić information content (AvgIpc) is 3.27. The van der Waals surface area contributed by atoms with E-state index in [1.54, 1.807) is 38.5 Å². The summed E-state index contributed by atoms with van der Waals surface area (Å²) in [5.41, 5.74) is 4.35. The number of ether oxygens (including phenoxy) is 1. The number of H-pyrrole nitrogens is 1. The molecule has 0 radical (unpaired) electrons. The Labute approximate surface area is 174 Å². The molecule has 0 spiro atoms. The molecule has 2 heterocycles. The second-order valence-corrected chi connectivity index (χ2v) is 7.63. The first kappa shape index (κ1) is 19.6. The monoisotopic (exact) mass is 405 g/mol. The third-order valence-electron chi connectivity index (χ3n) is 5.12. The molecular weight excluding hydrogens is 382 g/mol. The summed E-state index contributed by atoms with van der Waals surface area (Å²) < 4.78 is 5.78. The quantitative estimate of drug-likeness (QED) is 0.695. The molecule has 2 aromatic carbocycles. The van der Waals surface area contributed by atoms with Crippen LogP contribution in [0.5, 0.6) is 5.75 Å². The lowest BCUT2D eigenvalue weighted by Crippen LogP contribution is -2.33. The van der Waals surface area contributed by atoms with Gasteiger partial charge >= 0.3 is 0 Å². The van der Waals surface area contributed by atoms with Gasteiger partial charge in [0.05, 0.1) is 23.4 Å². The average molecular weight is 405 g/mol. The Balaban J connectivity index is 1.59. The number of carbonyl (C=O) groups is 2. The van der Waals surface area contributed by atoms with Crippen LogP contribution in [-0.2, 0) is 11.2 Å². The van der Waals surface area contributed by atoms with Crippen LogP contribution in [0.15, 0.2) is 42.6 Å². The van der Waals surface area contributed by atoms with Gasteiger partial charge < -0.3 is 15.0 Å². The first-order valence-corrected chi connectivity index (χ1v) is 9.67. The molecule has 2 N–H and O–H groups in total. The number of aryl methyl sites for hydroxylation is 1. The molecule has 8 nitrogen and oxygen atoms in total. The molecule has 4 rings (SSSR count). The van der Waals surface area contributed by atoms with Crippen molar-refractivity contribution < 1.29 is 14.3 Å². The minimum Gasteiger partial charge on any atom is -0.492 e. The molecule has 1 aliphatic rings. The van der Waals surface area contributed by atoms with Crippen LogP contribution in [0, 0.1) is 12.8 Å². The Hall–Kier alpha value is -3.68. The highest BCUT2D eigenvalue weighted by atomic mass is 16.5. The van der Waals surface area contributed by atoms with E-state index in [4.69, 9.17) is 4.74 Å². The number of anilines is 1. The smallest absolute Gasteiger partial charge is 0.255 e. The topological polar surface area (TPSA) is 100 Å². The summed E-state index contributed by atoms with van der Waals surface area (Å²) >= 11 is 0. The number of rotatable bonds is 4. The van der Waals surface area contributed by atoms with Crippen LogP contribution < -0.4 is 10.1 Å². The van der Waals surface area contributed by atoms with Crippen molar-refractivity contribution in [3.63, 3.8) is 0 Å². The van der Waals surface area contributed by atoms with Crippen LogP contribution in [0.4, 0.5) is 5.69 Å². The summed E-state index contributed by atoms with van der Waals surface area (Å²) in [6, 6.07) is 11.2. The van der Waals surface area contributed by atoms with E-state index >= 15 is 0 Å². The molecular formula is C22H23N5O3. The molecule has 0 bridgehead atoms. The standard InChI is InChI=1S/C22H23N5O3/c1-13-4-7-20-15(8-13)9-16(12-30-20)21(28)24-18-6-5-14(19-11-23-26-25-19)10-17(18)22(29)27(2)3/h4-8,10-11,16H,9,12H2,1-3H3,(H,24,28)(H,23,25,26). The van der Waals surface area contributed by atoms with Crippen molar-refractivity contribution in [2.45, 2.75) is 13.3 Å². The Morgan fingerprint density at radius 1 is 1.20 bits per heavy atom. The van der Waals surface area contributed by atoms with Crippen molar-refractivity contribution in [2.24, 2.45) is 5.92 Å². The van der Waals surface area contributed by atoms with E-state index < -0.39 is 0 Å². The van der Waals surface area contributed by atoms with E-state index in [1.165, 1.54) is 4.90 Å². The third-order valence-corrected chi connectivity index (χ3v) is 5.12. The molecule has 1 aliphatic heterocycles. The van der Waals surface area contributed by atoms with Crippen LogP contribution in [0.2, 0.25) is 0 Å². The number of benzene rings is 2. The fourth-order valence-corrected chi connectivity index (χ4v) is 3.50. The molecule has 0 aliphatic carbocycles. The van der Waals surface area contributed by atoms with E-state index in [0.29, 0.717) is 30.0 Å². The number of nitrogens with zero attached hydrogens (tertiary/aromatic N) is 3. The van der Waals surface area contributed by atoms with E-state index in [1.807, 2.05) is 25.1 Å². The van der Waals surface area contributed by atoms with Gasteiger partial charge in [-0.15, -0.1) is 0 Å². The van der Waals surface area contributed by atoms with Gasteiger partial charge in [0.1, 0.15) is 18.1 Å². The van der Waals surface area contributed by atoms with Crippen molar-refractivity contribution in [2.75, 3.05) is 26.0 Å². The molecule has 30 heavy (non-hydrogen) atoms. The molecule has 1 aromatic heterocycles. The zero-order valence-corrected chi connectivity index (χ0v) is 17.1. The molecule has 3 aromatic rings. The summed E-state index contributed by atoms with van der Waals surface area (Å²) in [5, 5.41) is 13.4. The van der Waals surface area contributed by atoms with E-state index in [2.05, 4.69) is 20.7 Å². The SMILES string of the molecule is Cc1ccc2c(c1)CC(C(=O)Nc1ccc(-c3cn[nH]n3)cc1C(=O)N(C)C)CO2. The van der Waals surface area contributed by atoms with Crippen molar-refractivity contribution in [1.82, 2.24) is 20.3 Å². The molecule has 0 saturated heterocycles. The third kappa shape index (κ3) is 3.89. The highest BCUT2D eigenvalue weighted by Gasteiger charge is 2.27.